The van der Waals surface area contributed by atoms with E-state index >= 15 is 0 Å². The Hall–Kier alpha value is -2.68. The summed E-state index contributed by atoms with van der Waals surface area (Å²) in [7, 11) is 0. The molecule has 0 saturated carbocycles. The van der Waals surface area contributed by atoms with Gasteiger partial charge in [0.25, 0.3) is 5.91 Å². The maximum atomic E-state index is 12.3. The van der Waals surface area contributed by atoms with Gasteiger partial charge >= 0.3 is 0 Å². The maximum absolute atomic E-state index is 12.3. The van der Waals surface area contributed by atoms with Crippen molar-refractivity contribution >= 4 is 16.8 Å². The second-order valence-corrected chi connectivity index (χ2v) is 5.26. The molecule has 1 heterocycles. The van der Waals surface area contributed by atoms with Crippen LogP contribution >= 0.6 is 0 Å². The Balaban J connectivity index is 1.69. The van der Waals surface area contributed by atoms with Gasteiger partial charge in [-0.1, -0.05) is 37.3 Å². The van der Waals surface area contributed by atoms with Gasteiger partial charge in [0.1, 0.15) is 0 Å². The predicted molar refractivity (Wildman–Crippen MR) is 88.7 cm³/mol. The van der Waals surface area contributed by atoms with Crippen molar-refractivity contribution < 1.29 is 4.79 Å². The van der Waals surface area contributed by atoms with Gasteiger partial charge in [0.15, 0.2) is 0 Å². The second-order valence-electron chi connectivity index (χ2n) is 5.26. The molecule has 0 aliphatic rings. The smallest absolute Gasteiger partial charge is 0.251 e. The molecule has 0 aliphatic carbocycles. The van der Waals surface area contributed by atoms with E-state index in [1.54, 1.807) is 6.20 Å². The zero-order valence-corrected chi connectivity index (χ0v) is 12.5. The van der Waals surface area contributed by atoms with Crippen LogP contribution in [0.15, 0.2) is 60.8 Å². The van der Waals surface area contributed by atoms with Crippen LogP contribution in [0.1, 0.15) is 28.4 Å². The van der Waals surface area contributed by atoms with Crippen LogP contribution in [-0.4, -0.2) is 10.9 Å². The molecule has 0 saturated heterocycles. The predicted octanol–water partition coefficient (Wildman–Crippen LogP) is 3.73. The Bertz CT molecular complexity index is 794. The summed E-state index contributed by atoms with van der Waals surface area (Å²) in [5, 5.41) is 3.93. The van der Waals surface area contributed by atoms with Crippen molar-refractivity contribution in [3.63, 3.8) is 0 Å². The standard InChI is InChI=1S/C19H18N2O/c1-2-14-5-7-15(8-6-14)13-21-19(22)17-9-10-18-16(12-17)4-3-11-20-18/h3-12H,2,13H2,1H3,(H,21,22). The number of aryl methyl sites for hydroxylation is 1. The lowest BCUT2D eigenvalue weighted by atomic mass is 10.1. The summed E-state index contributed by atoms with van der Waals surface area (Å²) in [6.45, 7) is 2.67. The molecular formula is C19H18N2O. The molecule has 0 fully saturated rings. The number of fused-ring (bicyclic) bond motifs is 1. The van der Waals surface area contributed by atoms with Crippen molar-refractivity contribution in [2.45, 2.75) is 19.9 Å². The number of carbonyl (C=O) groups is 1. The SMILES string of the molecule is CCc1ccc(CNC(=O)c2ccc3ncccc3c2)cc1. The van der Waals surface area contributed by atoms with Gasteiger partial charge in [-0.2, -0.15) is 0 Å². The summed E-state index contributed by atoms with van der Waals surface area (Å²) in [5.74, 6) is -0.0645. The number of carbonyl (C=O) groups excluding carboxylic acids is 1. The van der Waals surface area contributed by atoms with E-state index in [-0.39, 0.29) is 5.91 Å². The summed E-state index contributed by atoms with van der Waals surface area (Å²) in [4.78, 5) is 16.5. The van der Waals surface area contributed by atoms with Crippen LogP contribution in [0.5, 0.6) is 0 Å². The summed E-state index contributed by atoms with van der Waals surface area (Å²) >= 11 is 0. The lowest BCUT2D eigenvalue weighted by Crippen LogP contribution is -2.22. The zero-order chi connectivity index (χ0) is 15.4. The fourth-order valence-electron chi connectivity index (χ4n) is 2.39. The van der Waals surface area contributed by atoms with Crippen LogP contribution in [0.2, 0.25) is 0 Å². The number of benzene rings is 2. The molecule has 3 heteroatoms. The molecule has 0 radical (unpaired) electrons. The molecule has 1 amide bonds. The first-order valence-corrected chi connectivity index (χ1v) is 7.47. The Morgan fingerprint density at radius 1 is 1.05 bits per heavy atom. The lowest BCUT2D eigenvalue weighted by molar-refractivity contribution is 0.0951. The van der Waals surface area contributed by atoms with Crippen LogP contribution in [0.3, 0.4) is 0 Å². The summed E-state index contributed by atoms with van der Waals surface area (Å²) in [6.07, 6.45) is 2.78. The number of rotatable bonds is 4. The van der Waals surface area contributed by atoms with Crippen LogP contribution in [-0.2, 0) is 13.0 Å². The molecule has 22 heavy (non-hydrogen) atoms. The first-order valence-electron chi connectivity index (χ1n) is 7.47. The van der Waals surface area contributed by atoms with Gasteiger partial charge in [-0.3, -0.25) is 9.78 Å². The van der Waals surface area contributed by atoms with Crippen molar-refractivity contribution in [2.75, 3.05) is 0 Å². The number of hydrogen-bond donors (Lipinski definition) is 1. The van der Waals surface area contributed by atoms with E-state index in [0.717, 1.165) is 22.9 Å². The Labute approximate surface area is 130 Å². The van der Waals surface area contributed by atoms with E-state index in [9.17, 15) is 4.79 Å². The molecule has 0 atom stereocenters. The minimum atomic E-state index is -0.0645. The zero-order valence-electron chi connectivity index (χ0n) is 12.5. The van der Waals surface area contributed by atoms with E-state index in [1.807, 2.05) is 30.3 Å². The molecule has 110 valence electrons. The van der Waals surface area contributed by atoms with Crippen molar-refractivity contribution in [3.8, 4) is 0 Å². The largest absolute Gasteiger partial charge is 0.348 e. The van der Waals surface area contributed by atoms with Gasteiger partial charge in [0.2, 0.25) is 0 Å². The maximum Gasteiger partial charge on any atom is 0.251 e. The average Bonchev–Trinajstić information content (AvgIpc) is 2.59. The first-order chi connectivity index (χ1) is 10.8. The van der Waals surface area contributed by atoms with Crippen molar-refractivity contribution in [1.82, 2.24) is 10.3 Å². The van der Waals surface area contributed by atoms with Crippen LogP contribution in [0.4, 0.5) is 0 Å². The van der Waals surface area contributed by atoms with Gasteiger partial charge in [0, 0.05) is 23.7 Å². The number of aromatic nitrogens is 1. The third kappa shape index (κ3) is 3.14. The molecule has 0 aliphatic heterocycles. The number of amides is 1. The van der Waals surface area contributed by atoms with Gasteiger partial charge < -0.3 is 5.32 Å². The van der Waals surface area contributed by atoms with Gasteiger partial charge in [-0.25, -0.2) is 0 Å². The third-order valence-electron chi connectivity index (χ3n) is 3.75. The van der Waals surface area contributed by atoms with E-state index < -0.39 is 0 Å². The highest BCUT2D eigenvalue weighted by Crippen LogP contribution is 2.13. The molecule has 0 spiro atoms. The highest BCUT2D eigenvalue weighted by Gasteiger charge is 2.06. The molecular weight excluding hydrogens is 272 g/mol. The molecule has 3 rings (SSSR count). The van der Waals surface area contributed by atoms with Crippen molar-refractivity contribution in [3.05, 3.63) is 77.5 Å². The lowest BCUT2D eigenvalue weighted by Gasteiger charge is -2.07. The molecule has 1 N–H and O–H groups in total. The number of nitrogens with one attached hydrogen (secondary N) is 1. The van der Waals surface area contributed by atoms with E-state index in [0.29, 0.717) is 12.1 Å². The Kier molecular flexibility index (Phi) is 4.15. The highest BCUT2D eigenvalue weighted by atomic mass is 16.1. The van der Waals surface area contributed by atoms with Crippen LogP contribution in [0.25, 0.3) is 10.9 Å². The van der Waals surface area contributed by atoms with E-state index in [2.05, 4.69) is 41.5 Å². The molecule has 3 nitrogen and oxygen atoms in total. The Morgan fingerprint density at radius 3 is 2.59 bits per heavy atom. The van der Waals surface area contributed by atoms with Crippen LogP contribution < -0.4 is 5.32 Å². The fourth-order valence-corrected chi connectivity index (χ4v) is 2.39. The second kappa shape index (κ2) is 6.39. The normalized spacial score (nSPS) is 10.6. The summed E-state index contributed by atoms with van der Waals surface area (Å²) in [5.41, 5.74) is 3.96. The highest BCUT2D eigenvalue weighted by molar-refractivity contribution is 5.97. The topological polar surface area (TPSA) is 42.0 Å². The number of hydrogen-bond acceptors (Lipinski definition) is 2. The van der Waals surface area contributed by atoms with Crippen molar-refractivity contribution in [2.24, 2.45) is 0 Å². The monoisotopic (exact) mass is 290 g/mol. The third-order valence-corrected chi connectivity index (χ3v) is 3.75. The molecule has 0 bridgehead atoms. The van der Waals surface area contributed by atoms with Gasteiger partial charge in [-0.15, -0.1) is 0 Å². The molecule has 2 aromatic carbocycles. The quantitative estimate of drug-likeness (QED) is 0.795. The first kappa shape index (κ1) is 14.3. The molecule has 0 unspecified atom stereocenters. The number of nitrogens with zero attached hydrogens (tertiary/aromatic N) is 1. The van der Waals surface area contributed by atoms with Gasteiger partial charge in [-0.05, 0) is 41.8 Å². The molecule has 3 aromatic rings. The van der Waals surface area contributed by atoms with Crippen molar-refractivity contribution in [1.29, 1.82) is 0 Å². The minimum Gasteiger partial charge on any atom is -0.348 e. The van der Waals surface area contributed by atoms with E-state index in [1.165, 1.54) is 5.56 Å². The fraction of sp³-hybridized carbons (Fsp3) is 0.158. The average molecular weight is 290 g/mol. The summed E-state index contributed by atoms with van der Waals surface area (Å²) in [6, 6.07) is 17.7. The number of pyridine rings is 1. The summed E-state index contributed by atoms with van der Waals surface area (Å²) < 4.78 is 0. The van der Waals surface area contributed by atoms with E-state index in [4.69, 9.17) is 0 Å². The van der Waals surface area contributed by atoms with Crippen LogP contribution in [0, 0.1) is 0 Å². The minimum absolute atomic E-state index is 0.0645. The molecule has 1 aromatic heterocycles. The van der Waals surface area contributed by atoms with Gasteiger partial charge in [0.05, 0.1) is 5.52 Å². The Morgan fingerprint density at radius 2 is 1.82 bits per heavy atom.